The topological polar surface area (TPSA) is 20.2 Å². The maximum absolute atomic E-state index is 9.67. The van der Waals surface area contributed by atoms with Crippen LogP contribution in [-0.4, -0.2) is 22.2 Å². The third-order valence-electron chi connectivity index (χ3n) is 2.08. The summed E-state index contributed by atoms with van der Waals surface area (Å²) >= 11 is 1.95. The van der Waals surface area contributed by atoms with Crippen LogP contribution in [0.4, 0.5) is 0 Å². The molecular formula is C9H20OS. The first-order valence-electron chi connectivity index (χ1n) is 4.57. The molecule has 1 fully saturated rings. The lowest BCUT2D eigenvalue weighted by Gasteiger charge is -2.30. The summed E-state index contributed by atoms with van der Waals surface area (Å²) in [4.78, 5) is 0. The second-order valence-corrected chi connectivity index (χ2v) is 3.92. The quantitative estimate of drug-likeness (QED) is 0.663. The first-order valence-corrected chi connectivity index (χ1v) is 5.72. The molecule has 0 saturated carbocycles. The SMILES string of the molecule is CC.CCC1(O)CCSCC1. The van der Waals surface area contributed by atoms with Gasteiger partial charge in [0.05, 0.1) is 5.60 Å². The Bertz CT molecular complexity index is 87.6. The van der Waals surface area contributed by atoms with Crippen LogP contribution in [0.3, 0.4) is 0 Å². The van der Waals surface area contributed by atoms with E-state index in [0.29, 0.717) is 0 Å². The molecule has 0 spiro atoms. The van der Waals surface area contributed by atoms with Gasteiger partial charge in [0, 0.05) is 0 Å². The average Bonchev–Trinajstić information content (AvgIpc) is 2.10. The highest BCUT2D eigenvalue weighted by molar-refractivity contribution is 7.99. The molecule has 1 heterocycles. The van der Waals surface area contributed by atoms with Crippen molar-refractivity contribution in [2.24, 2.45) is 0 Å². The molecule has 1 aliphatic rings. The van der Waals surface area contributed by atoms with E-state index in [2.05, 4.69) is 6.92 Å². The maximum atomic E-state index is 9.67. The van der Waals surface area contributed by atoms with Gasteiger partial charge in [-0.25, -0.2) is 0 Å². The Labute approximate surface area is 74.6 Å². The lowest BCUT2D eigenvalue weighted by molar-refractivity contribution is 0.0282. The van der Waals surface area contributed by atoms with Crippen molar-refractivity contribution in [3.8, 4) is 0 Å². The summed E-state index contributed by atoms with van der Waals surface area (Å²) < 4.78 is 0. The minimum Gasteiger partial charge on any atom is -0.390 e. The Hall–Kier alpha value is 0.310. The van der Waals surface area contributed by atoms with Crippen molar-refractivity contribution in [3.05, 3.63) is 0 Å². The predicted octanol–water partition coefficient (Wildman–Crippen LogP) is 2.68. The van der Waals surface area contributed by atoms with Gasteiger partial charge >= 0.3 is 0 Å². The second-order valence-electron chi connectivity index (χ2n) is 2.69. The van der Waals surface area contributed by atoms with Gasteiger partial charge in [-0.05, 0) is 30.8 Å². The van der Waals surface area contributed by atoms with E-state index in [0.717, 1.165) is 30.8 Å². The fourth-order valence-corrected chi connectivity index (χ4v) is 2.36. The largest absolute Gasteiger partial charge is 0.390 e. The zero-order valence-corrected chi connectivity index (χ0v) is 8.71. The summed E-state index contributed by atoms with van der Waals surface area (Å²) in [7, 11) is 0. The van der Waals surface area contributed by atoms with Crippen molar-refractivity contribution in [2.45, 2.75) is 45.6 Å². The van der Waals surface area contributed by atoms with Crippen LogP contribution in [0.15, 0.2) is 0 Å². The minimum absolute atomic E-state index is 0.300. The molecule has 0 aromatic carbocycles. The van der Waals surface area contributed by atoms with Gasteiger partial charge in [0.2, 0.25) is 0 Å². The summed E-state index contributed by atoms with van der Waals surface area (Å²) in [5, 5.41) is 9.67. The lowest BCUT2D eigenvalue weighted by Crippen LogP contribution is -2.32. The zero-order valence-electron chi connectivity index (χ0n) is 7.89. The number of hydrogen-bond acceptors (Lipinski definition) is 2. The summed E-state index contributed by atoms with van der Waals surface area (Å²) in [5.41, 5.74) is -0.300. The van der Waals surface area contributed by atoms with Crippen molar-refractivity contribution >= 4 is 11.8 Å². The molecular weight excluding hydrogens is 156 g/mol. The van der Waals surface area contributed by atoms with Crippen LogP contribution >= 0.6 is 11.8 Å². The zero-order chi connectivity index (χ0) is 8.74. The lowest BCUT2D eigenvalue weighted by atomic mass is 9.94. The van der Waals surface area contributed by atoms with E-state index in [9.17, 15) is 5.11 Å². The van der Waals surface area contributed by atoms with Gasteiger partial charge in [0.1, 0.15) is 0 Å². The number of hydrogen-bond donors (Lipinski definition) is 1. The molecule has 0 unspecified atom stereocenters. The molecule has 0 aromatic rings. The van der Waals surface area contributed by atoms with Crippen LogP contribution < -0.4 is 0 Å². The van der Waals surface area contributed by atoms with E-state index in [1.54, 1.807) is 0 Å². The van der Waals surface area contributed by atoms with Crippen LogP contribution in [0.5, 0.6) is 0 Å². The highest BCUT2D eigenvalue weighted by Crippen LogP contribution is 2.28. The van der Waals surface area contributed by atoms with Crippen molar-refractivity contribution in [2.75, 3.05) is 11.5 Å². The molecule has 0 aromatic heterocycles. The van der Waals surface area contributed by atoms with Crippen molar-refractivity contribution in [1.82, 2.24) is 0 Å². The van der Waals surface area contributed by atoms with E-state index in [4.69, 9.17) is 0 Å². The van der Waals surface area contributed by atoms with Crippen LogP contribution in [-0.2, 0) is 0 Å². The Morgan fingerprint density at radius 2 is 1.73 bits per heavy atom. The first-order chi connectivity index (χ1) is 5.27. The van der Waals surface area contributed by atoms with Crippen LogP contribution in [0.25, 0.3) is 0 Å². The molecule has 0 atom stereocenters. The van der Waals surface area contributed by atoms with Crippen molar-refractivity contribution in [1.29, 1.82) is 0 Å². The maximum Gasteiger partial charge on any atom is 0.0660 e. The van der Waals surface area contributed by atoms with Gasteiger partial charge in [-0.15, -0.1) is 0 Å². The Balaban J connectivity index is 0.000000461. The Kier molecular flexibility index (Phi) is 6.06. The fourth-order valence-electron chi connectivity index (χ4n) is 1.10. The normalized spacial score (nSPS) is 21.8. The molecule has 1 rings (SSSR count). The second kappa shape index (κ2) is 5.90. The standard InChI is InChI=1S/C7H14OS.C2H6/c1-2-7(8)3-5-9-6-4-7;1-2/h8H,2-6H2,1H3;1-2H3. The minimum atomic E-state index is -0.300. The summed E-state index contributed by atoms with van der Waals surface area (Å²) in [6.45, 7) is 6.07. The van der Waals surface area contributed by atoms with Crippen LogP contribution in [0.1, 0.15) is 40.0 Å². The molecule has 1 saturated heterocycles. The summed E-state index contributed by atoms with van der Waals surface area (Å²) in [5.74, 6) is 2.29. The Morgan fingerprint density at radius 3 is 2.00 bits per heavy atom. The summed E-state index contributed by atoms with van der Waals surface area (Å²) in [6.07, 6.45) is 2.91. The monoisotopic (exact) mass is 176 g/mol. The highest BCUT2D eigenvalue weighted by atomic mass is 32.2. The molecule has 1 nitrogen and oxygen atoms in total. The summed E-state index contributed by atoms with van der Waals surface area (Å²) in [6, 6.07) is 0. The van der Waals surface area contributed by atoms with Crippen molar-refractivity contribution in [3.63, 3.8) is 0 Å². The average molecular weight is 176 g/mol. The van der Waals surface area contributed by atoms with Gasteiger partial charge in [0.25, 0.3) is 0 Å². The molecule has 68 valence electrons. The molecule has 0 amide bonds. The Morgan fingerprint density at radius 1 is 1.27 bits per heavy atom. The van der Waals surface area contributed by atoms with Gasteiger partial charge in [-0.1, -0.05) is 20.8 Å². The van der Waals surface area contributed by atoms with Gasteiger partial charge in [0.15, 0.2) is 0 Å². The van der Waals surface area contributed by atoms with E-state index in [-0.39, 0.29) is 5.60 Å². The van der Waals surface area contributed by atoms with E-state index in [1.807, 2.05) is 25.6 Å². The molecule has 0 aliphatic carbocycles. The van der Waals surface area contributed by atoms with Crippen LogP contribution in [0, 0.1) is 0 Å². The van der Waals surface area contributed by atoms with E-state index in [1.165, 1.54) is 0 Å². The van der Waals surface area contributed by atoms with Crippen LogP contribution in [0.2, 0.25) is 0 Å². The predicted molar refractivity (Wildman–Crippen MR) is 53.1 cm³/mol. The van der Waals surface area contributed by atoms with Gasteiger partial charge in [-0.3, -0.25) is 0 Å². The van der Waals surface area contributed by atoms with Crippen molar-refractivity contribution < 1.29 is 5.11 Å². The van der Waals surface area contributed by atoms with Gasteiger partial charge in [-0.2, -0.15) is 11.8 Å². The number of aliphatic hydroxyl groups is 1. The van der Waals surface area contributed by atoms with E-state index < -0.39 is 0 Å². The molecule has 1 N–H and O–H groups in total. The van der Waals surface area contributed by atoms with Gasteiger partial charge < -0.3 is 5.11 Å². The first kappa shape index (κ1) is 11.3. The molecule has 11 heavy (non-hydrogen) atoms. The molecule has 0 radical (unpaired) electrons. The molecule has 1 aliphatic heterocycles. The van der Waals surface area contributed by atoms with E-state index >= 15 is 0 Å². The highest BCUT2D eigenvalue weighted by Gasteiger charge is 2.26. The third kappa shape index (κ3) is 4.02. The molecule has 0 bridgehead atoms. The smallest absolute Gasteiger partial charge is 0.0660 e. The molecule has 2 heteroatoms. The number of rotatable bonds is 1. The third-order valence-corrected chi connectivity index (χ3v) is 3.07. The fraction of sp³-hybridized carbons (Fsp3) is 1.00. The number of thioether (sulfide) groups is 1.